The first kappa shape index (κ1) is 19.0. The number of carbonyl (C=O) groups is 1. The molecule has 0 aromatic heterocycles. The Balaban J connectivity index is 0.00000162. The molecule has 2 rings (SSSR count). The smallest absolute Gasteiger partial charge is 0.226 e. The van der Waals surface area contributed by atoms with E-state index < -0.39 is 0 Å². The number of carbonyl (C=O) groups excluding carboxylic acids is 1. The van der Waals surface area contributed by atoms with Crippen molar-refractivity contribution in [3.05, 3.63) is 0 Å². The maximum absolute atomic E-state index is 12.1. The summed E-state index contributed by atoms with van der Waals surface area (Å²) in [7, 11) is 0. The second-order valence-corrected chi connectivity index (χ2v) is 5.46. The Morgan fingerprint density at radius 1 is 1.21 bits per heavy atom. The van der Waals surface area contributed by atoms with Crippen molar-refractivity contribution < 1.29 is 4.79 Å². The van der Waals surface area contributed by atoms with Crippen molar-refractivity contribution in [3.63, 3.8) is 0 Å². The molecule has 0 aromatic carbocycles. The molecule has 0 aliphatic carbocycles. The predicted molar refractivity (Wildman–Crippen MR) is 83.1 cm³/mol. The van der Waals surface area contributed by atoms with Gasteiger partial charge in [0, 0.05) is 31.6 Å². The summed E-state index contributed by atoms with van der Waals surface area (Å²) in [6.45, 7) is 6.68. The minimum atomic E-state index is -0.0210. The number of likely N-dealkylation sites (tertiary alicyclic amines) is 2. The van der Waals surface area contributed by atoms with Crippen LogP contribution in [0.25, 0.3) is 0 Å². The van der Waals surface area contributed by atoms with Crippen molar-refractivity contribution >= 4 is 30.7 Å². The van der Waals surface area contributed by atoms with Crippen LogP contribution in [0.3, 0.4) is 0 Å². The highest BCUT2D eigenvalue weighted by Gasteiger charge is 2.30. The number of rotatable bonds is 3. The summed E-state index contributed by atoms with van der Waals surface area (Å²) >= 11 is 0. The van der Waals surface area contributed by atoms with Gasteiger partial charge in [0.05, 0.1) is 0 Å². The molecule has 0 saturated carbocycles. The van der Waals surface area contributed by atoms with Crippen LogP contribution in [0.5, 0.6) is 0 Å². The van der Waals surface area contributed by atoms with Gasteiger partial charge < -0.3 is 10.6 Å². The van der Waals surface area contributed by atoms with Crippen LogP contribution >= 0.6 is 24.8 Å². The molecular formula is C13H27Cl2N3O. The number of nitrogens with two attached hydrogens (primary N) is 1. The largest absolute Gasteiger partial charge is 0.341 e. The van der Waals surface area contributed by atoms with Gasteiger partial charge in [-0.25, -0.2) is 0 Å². The Kier molecular flexibility index (Phi) is 8.99. The summed E-state index contributed by atoms with van der Waals surface area (Å²) in [5.41, 5.74) is 5.58. The SMILES string of the molecule is CC(CN)C(=O)N1CCCC(N2CCCC2)C1.Cl.Cl. The molecule has 19 heavy (non-hydrogen) atoms. The van der Waals surface area contributed by atoms with Gasteiger partial charge in [-0.2, -0.15) is 0 Å². The van der Waals surface area contributed by atoms with Gasteiger partial charge in [-0.1, -0.05) is 6.92 Å². The lowest BCUT2D eigenvalue weighted by molar-refractivity contribution is -0.136. The Morgan fingerprint density at radius 2 is 1.84 bits per heavy atom. The fourth-order valence-electron chi connectivity index (χ4n) is 2.97. The Morgan fingerprint density at radius 3 is 2.42 bits per heavy atom. The zero-order valence-corrected chi connectivity index (χ0v) is 13.3. The molecule has 2 heterocycles. The number of hydrogen-bond donors (Lipinski definition) is 1. The van der Waals surface area contributed by atoms with Gasteiger partial charge in [0.1, 0.15) is 0 Å². The van der Waals surface area contributed by atoms with Crippen LogP contribution in [0, 0.1) is 5.92 Å². The van der Waals surface area contributed by atoms with E-state index >= 15 is 0 Å². The van der Waals surface area contributed by atoms with Gasteiger partial charge in [-0.15, -0.1) is 24.8 Å². The normalized spacial score (nSPS) is 25.4. The number of piperidine rings is 1. The second-order valence-electron chi connectivity index (χ2n) is 5.46. The van der Waals surface area contributed by atoms with Crippen LogP contribution in [0.2, 0.25) is 0 Å². The Hall–Kier alpha value is -0.0300. The van der Waals surface area contributed by atoms with Gasteiger partial charge in [-0.3, -0.25) is 9.69 Å². The van der Waals surface area contributed by atoms with Crippen molar-refractivity contribution in [1.82, 2.24) is 9.80 Å². The van der Waals surface area contributed by atoms with Crippen molar-refractivity contribution in [1.29, 1.82) is 0 Å². The third kappa shape index (κ3) is 4.78. The van der Waals surface area contributed by atoms with Crippen molar-refractivity contribution in [2.24, 2.45) is 11.7 Å². The molecule has 1 amide bonds. The molecule has 2 saturated heterocycles. The lowest BCUT2D eigenvalue weighted by Crippen LogP contribution is -2.50. The van der Waals surface area contributed by atoms with Crippen molar-refractivity contribution in [3.8, 4) is 0 Å². The molecule has 4 nitrogen and oxygen atoms in total. The molecule has 2 N–H and O–H groups in total. The highest BCUT2D eigenvalue weighted by atomic mass is 35.5. The number of amides is 1. The first-order valence-electron chi connectivity index (χ1n) is 6.95. The van der Waals surface area contributed by atoms with Gasteiger partial charge in [-0.05, 0) is 38.8 Å². The van der Waals surface area contributed by atoms with Gasteiger partial charge in [0.2, 0.25) is 5.91 Å². The standard InChI is InChI=1S/C13H25N3O.2ClH/c1-11(9-14)13(17)16-8-4-5-12(10-16)15-6-2-3-7-15;;/h11-12H,2-10,14H2,1H3;2*1H. The van der Waals surface area contributed by atoms with Crippen molar-refractivity contribution in [2.45, 2.75) is 38.6 Å². The topological polar surface area (TPSA) is 49.6 Å². The second kappa shape index (κ2) is 9.01. The van der Waals surface area contributed by atoms with Crippen LogP contribution in [-0.2, 0) is 4.79 Å². The number of hydrogen-bond acceptors (Lipinski definition) is 3. The lowest BCUT2D eigenvalue weighted by Gasteiger charge is -2.38. The van der Waals surface area contributed by atoms with E-state index in [-0.39, 0.29) is 36.6 Å². The summed E-state index contributed by atoms with van der Waals surface area (Å²) in [4.78, 5) is 16.7. The molecule has 2 aliphatic heterocycles. The van der Waals surface area contributed by atoms with Gasteiger partial charge in [0.25, 0.3) is 0 Å². The van der Waals surface area contributed by atoms with Crippen LogP contribution in [0.1, 0.15) is 32.6 Å². The fraction of sp³-hybridized carbons (Fsp3) is 0.923. The van der Waals surface area contributed by atoms with E-state index in [1.165, 1.54) is 32.4 Å². The highest BCUT2D eigenvalue weighted by molar-refractivity contribution is 5.85. The third-order valence-corrected chi connectivity index (χ3v) is 4.14. The maximum Gasteiger partial charge on any atom is 0.226 e. The van der Waals surface area contributed by atoms with Gasteiger partial charge in [0.15, 0.2) is 0 Å². The summed E-state index contributed by atoms with van der Waals surface area (Å²) in [5, 5.41) is 0. The molecule has 0 radical (unpaired) electrons. The van der Waals surface area contributed by atoms with Crippen molar-refractivity contribution in [2.75, 3.05) is 32.7 Å². The first-order chi connectivity index (χ1) is 8.22. The fourth-order valence-corrected chi connectivity index (χ4v) is 2.97. The molecule has 0 bridgehead atoms. The quantitative estimate of drug-likeness (QED) is 0.859. The molecule has 0 spiro atoms. The molecule has 0 aromatic rings. The van der Waals surface area contributed by atoms with Crippen LogP contribution in [0.15, 0.2) is 0 Å². The molecule has 2 unspecified atom stereocenters. The Bertz CT molecular complexity index is 273. The summed E-state index contributed by atoms with van der Waals surface area (Å²) < 4.78 is 0. The number of halogens is 2. The molecule has 6 heteroatoms. The highest BCUT2D eigenvalue weighted by Crippen LogP contribution is 2.21. The summed E-state index contributed by atoms with van der Waals surface area (Å²) in [6, 6.07) is 0.597. The van der Waals surface area contributed by atoms with E-state index in [4.69, 9.17) is 5.73 Å². The molecule has 114 valence electrons. The number of nitrogens with zero attached hydrogens (tertiary/aromatic N) is 2. The van der Waals surface area contributed by atoms with E-state index in [1.54, 1.807) is 0 Å². The Labute approximate surface area is 128 Å². The molecular weight excluding hydrogens is 285 g/mol. The van der Waals surface area contributed by atoms with Crippen LogP contribution < -0.4 is 5.73 Å². The minimum absolute atomic E-state index is 0. The van der Waals surface area contributed by atoms with E-state index in [0.717, 1.165) is 19.5 Å². The van der Waals surface area contributed by atoms with Gasteiger partial charge >= 0.3 is 0 Å². The zero-order valence-electron chi connectivity index (χ0n) is 11.7. The lowest BCUT2D eigenvalue weighted by atomic mass is 10.0. The molecule has 2 aliphatic rings. The average Bonchev–Trinajstić information content (AvgIpc) is 2.91. The monoisotopic (exact) mass is 311 g/mol. The molecule has 2 atom stereocenters. The van der Waals surface area contributed by atoms with Crippen LogP contribution in [-0.4, -0.2) is 54.5 Å². The summed E-state index contributed by atoms with van der Waals surface area (Å²) in [6.07, 6.45) is 5.04. The van der Waals surface area contributed by atoms with Crippen LogP contribution in [0.4, 0.5) is 0 Å². The molecule has 2 fully saturated rings. The average molecular weight is 312 g/mol. The van der Waals surface area contributed by atoms with E-state index in [9.17, 15) is 4.79 Å². The zero-order chi connectivity index (χ0) is 12.3. The minimum Gasteiger partial charge on any atom is -0.341 e. The predicted octanol–water partition coefficient (Wildman–Crippen LogP) is 1.51. The third-order valence-electron chi connectivity index (χ3n) is 4.14. The van der Waals surface area contributed by atoms with E-state index in [0.29, 0.717) is 12.6 Å². The maximum atomic E-state index is 12.1. The van der Waals surface area contributed by atoms with E-state index in [1.807, 2.05) is 11.8 Å². The van der Waals surface area contributed by atoms with E-state index in [2.05, 4.69) is 4.90 Å². The first-order valence-corrected chi connectivity index (χ1v) is 6.95. The summed E-state index contributed by atoms with van der Waals surface area (Å²) in [5.74, 6) is 0.226.